The Bertz CT molecular complexity index is 507. The molecule has 1 aliphatic rings. The molecule has 134 valence electrons. The van der Waals surface area contributed by atoms with Crippen LogP contribution in [0, 0.1) is 5.92 Å². The van der Waals surface area contributed by atoms with Crippen LogP contribution in [-0.4, -0.2) is 37.1 Å². The highest BCUT2D eigenvalue weighted by molar-refractivity contribution is 14.0. The van der Waals surface area contributed by atoms with Gasteiger partial charge in [-0.15, -0.1) is 30.6 Å². The van der Waals surface area contributed by atoms with Crippen LogP contribution in [0.2, 0.25) is 0 Å². The van der Waals surface area contributed by atoms with E-state index in [0.717, 1.165) is 42.9 Å². The summed E-state index contributed by atoms with van der Waals surface area (Å²) in [4.78, 5) is 11.6. The van der Waals surface area contributed by atoms with Crippen molar-refractivity contribution < 1.29 is 0 Å². The molecule has 0 radical (unpaired) electrons. The summed E-state index contributed by atoms with van der Waals surface area (Å²) < 4.78 is 0. The molecular formula is C18H30IN5. The second kappa shape index (κ2) is 11.3. The van der Waals surface area contributed by atoms with Gasteiger partial charge in [-0.05, 0) is 37.3 Å². The third-order valence-electron chi connectivity index (χ3n) is 4.09. The number of guanidine groups is 1. The molecule has 0 atom stereocenters. The van der Waals surface area contributed by atoms with E-state index in [4.69, 9.17) is 0 Å². The molecule has 1 saturated heterocycles. The molecule has 0 saturated carbocycles. The van der Waals surface area contributed by atoms with Gasteiger partial charge in [0.05, 0.1) is 6.54 Å². The van der Waals surface area contributed by atoms with Crippen molar-refractivity contribution in [2.45, 2.75) is 33.2 Å². The fourth-order valence-corrected chi connectivity index (χ4v) is 2.62. The zero-order valence-corrected chi connectivity index (χ0v) is 17.1. The number of pyridine rings is 1. The molecule has 0 amide bonds. The van der Waals surface area contributed by atoms with E-state index < -0.39 is 0 Å². The minimum absolute atomic E-state index is 0. The van der Waals surface area contributed by atoms with Crippen molar-refractivity contribution in [3.05, 3.63) is 36.5 Å². The van der Waals surface area contributed by atoms with Crippen LogP contribution in [0.5, 0.6) is 0 Å². The van der Waals surface area contributed by atoms with Crippen LogP contribution in [0.15, 0.2) is 36.0 Å². The summed E-state index contributed by atoms with van der Waals surface area (Å²) in [5.41, 5.74) is 1.12. The molecule has 0 aliphatic carbocycles. The monoisotopic (exact) mass is 443 g/mol. The number of nitrogens with one attached hydrogen (secondary N) is 2. The van der Waals surface area contributed by atoms with Crippen molar-refractivity contribution >= 4 is 35.8 Å². The lowest BCUT2D eigenvalue weighted by Crippen LogP contribution is -2.37. The summed E-state index contributed by atoms with van der Waals surface area (Å²) in [5, 5.41) is 6.42. The number of piperidine rings is 1. The molecule has 0 aromatic carbocycles. The highest BCUT2D eigenvalue weighted by Crippen LogP contribution is 2.21. The normalized spacial score (nSPS) is 15.6. The topological polar surface area (TPSA) is 52.6 Å². The SMILES string of the molecule is C=CCNC(=NCc1ccc(N2CCC(C)CC2)nc1)NCC.I. The summed E-state index contributed by atoms with van der Waals surface area (Å²) >= 11 is 0. The minimum atomic E-state index is 0. The van der Waals surface area contributed by atoms with Crippen LogP contribution >= 0.6 is 24.0 Å². The Morgan fingerprint density at radius 2 is 2.12 bits per heavy atom. The molecule has 5 nitrogen and oxygen atoms in total. The van der Waals surface area contributed by atoms with Crippen LogP contribution in [0.25, 0.3) is 0 Å². The van der Waals surface area contributed by atoms with Crippen LogP contribution < -0.4 is 15.5 Å². The van der Waals surface area contributed by atoms with Gasteiger partial charge in [0.2, 0.25) is 0 Å². The maximum atomic E-state index is 4.61. The Kier molecular flexibility index (Phi) is 9.75. The van der Waals surface area contributed by atoms with Gasteiger partial charge in [-0.1, -0.05) is 19.1 Å². The Morgan fingerprint density at radius 1 is 1.38 bits per heavy atom. The second-order valence-electron chi connectivity index (χ2n) is 6.06. The predicted molar refractivity (Wildman–Crippen MR) is 113 cm³/mol. The van der Waals surface area contributed by atoms with E-state index in [1.54, 1.807) is 0 Å². The van der Waals surface area contributed by atoms with Crippen molar-refractivity contribution in [1.29, 1.82) is 0 Å². The van der Waals surface area contributed by atoms with Gasteiger partial charge in [0.15, 0.2) is 5.96 Å². The Labute approximate surface area is 163 Å². The van der Waals surface area contributed by atoms with Gasteiger partial charge in [-0.3, -0.25) is 0 Å². The van der Waals surface area contributed by atoms with Gasteiger partial charge in [-0.25, -0.2) is 9.98 Å². The van der Waals surface area contributed by atoms with E-state index in [0.29, 0.717) is 13.1 Å². The van der Waals surface area contributed by atoms with E-state index in [9.17, 15) is 0 Å². The van der Waals surface area contributed by atoms with Crippen LogP contribution in [0.1, 0.15) is 32.3 Å². The molecule has 1 aliphatic heterocycles. The molecule has 1 fully saturated rings. The third-order valence-corrected chi connectivity index (χ3v) is 4.09. The molecule has 2 heterocycles. The summed E-state index contributed by atoms with van der Waals surface area (Å²) in [6.45, 7) is 12.5. The van der Waals surface area contributed by atoms with Gasteiger partial charge in [-0.2, -0.15) is 0 Å². The lowest BCUT2D eigenvalue weighted by Gasteiger charge is -2.31. The van der Waals surface area contributed by atoms with Gasteiger partial charge in [0.25, 0.3) is 0 Å². The zero-order chi connectivity index (χ0) is 16.5. The largest absolute Gasteiger partial charge is 0.357 e. The number of aliphatic imine (C=N–C) groups is 1. The van der Waals surface area contributed by atoms with Crippen LogP contribution in [0.4, 0.5) is 5.82 Å². The van der Waals surface area contributed by atoms with E-state index in [1.807, 2.05) is 12.3 Å². The standard InChI is InChI=1S/C18H29N5.HI/c1-4-10-20-18(19-5-2)22-14-16-6-7-17(21-13-16)23-11-8-15(3)9-12-23;/h4,6-7,13,15H,1,5,8-12,14H2,2-3H3,(H2,19,20,22);1H. The predicted octanol–water partition coefficient (Wildman–Crippen LogP) is 3.18. The minimum Gasteiger partial charge on any atom is -0.357 e. The lowest BCUT2D eigenvalue weighted by molar-refractivity contribution is 0.436. The molecule has 1 aromatic rings. The first-order valence-electron chi connectivity index (χ1n) is 8.56. The van der Waals surface area contributed by atoms with Gasteiger partial charge >= 0.3 is 0 Å². The molecule has 2 rings (SSSR count). The highest BCUT2D eigenvalue weighted by Gasteiger charge is 2.16. The maximum absolute atomic E-state index is 4.61. The lowest BCUT2D eigenvalue weighted by atomic mass is 9.99. The van der Waals surface area contributed by atoms with Crippen molar-refractivity contribution in [3.8, 4) is 0 Å². The quantitative estimate of drug-likeness (QED) is 0.307. The number of hydrogen-bond donors (Lipinski definition) is 2. The first-order chi connectivity index (χ1) is 11.2. The fraction of sp³-hybridized carbons (Fsp3) is 0.556. The van der Waals surface area contributed by atoms with Gasteiger partial charge in [0.1, 0.15) is 5.82 Å². The molecule has 1 aromatic heterocycles. The number of anilines is 1. The van der Waals surface area contributed by atoms with Crippen molar-refractivity contribution in [1.82, 2.24) is 15.6 Å². The molecule has 0 unspecified atom stereocenters. The summed E-state index contributed by atoms with van der Waals surface area (Å²) in [5.74, 6) is 2.73. The first-order valence-corrected chi connectivity index (χ1v) is 8.56. The van der Waals surface area contributed by atoms with Crippen LogP contribution in [-0.2, 0) is 6.54 Å². The summed E-state index contributed by atoms with van der Waals surface area (Å²) in [7, 11) is 0. The number of hydrogen-bond acceptors (Lipinski definition) is 3. The van der Waals surface area contributed by atoms with E-state index in [1.165, 1.54) is 12.8 Å². The van der Waals surface area contributed by atoms with E-state index >= 15 is 0 Å². The van der Waals surface area contributed by atoms with Gasteiger partial charge in [0, 0.05) is 32.4 Å². The van der Waals surface area contributed by atoms with E-state index in [2.05, 4.69) is 58.1 Å². The average molecular weight is 443 g/mol. The molecule has 0 bridgehead atoms. The molecule has 0 spiro atoms. The Balaban J connectivity index is 0.00000288. The Hall–Kier alpha value is -1.31. The molecule has 2 N–H and O–H groups in total. The van der Waals surface area contributed by atoms with Crippen molar-refractivity contribution in [2.75, 3.05) is 31.1 Å². The molecule has 6 heteroatoms. The fourth-order valence-electron chi connectivity index (χ4n) is 2.62. The third kappa shape index (κ3) is 6.67. The summed E-state index contributed by atoms with van der Waals surface area (Å²) in [6.07, 6.45) is 6.28. The second-order valence-corrected chi connectivity index (χ2v) is 6.06. The Morgan fingerprint density at radius 3 is 2.71 bits per heavy atom. The average Bonchev–Trinajstić information content (AvgIpc) is 2.58. The maximum Gasteiger partial charge on any atom is 0.191 e. The molecular weight excluding hydrogens is 413 g/mol. The number of aromatic nitrogens is 1. The first kappa shape index (κ1) is 20.7. The van der Waals surface area contributed by atoms with Gasteiger partial charge < -0.3 is 15.5 Å². The molecule has 24 heavy (non-hydrogen) atoms. The van der Waals surface area contributed by atoms with Crippen LogP contribution in [0.3, 0.4) is 0 Å². The summed E-state index contributed by atoms with van der Waals surface area (Å²) in [6, 6.07) is 4.24. The number of rotatable bonds is 6. The number of halogens is 1. The van der Waals surface area contributed by atoms with Crippen molar-refractivity contribution in [2.24, 2.45) is 10.9 Å². The van der Waals surface area contributed by atoms with Crippen molar-refractivity contribution in [3.63, 3.8) is 0 Å². The van der Waals surface area contributed by atoms with E-state index in [-0.39, 0.29) is 24.0 Å². The zero-order valence-electron chi connectivity index (χ0n) is 14.8. The highest BCUT2D eigenvalue weighted by atomic mass is 127. The smallest absolute Gasteiger partial charge is 0.191 e. The number of nitrogens with zero attached hydrogens (tertiary/aromatic N) is 3.